The molecule has 0 bridgehead atoms. The monoisotopic (exact) mass is 266 g/mol. The summed E-state index contributed by atoms with van der Waals surface area (Å²) in [6.45, 7) is 0.125. The minimum absolute atomic E-state index is 0.125. The Balaban J connectivity index is 2.87. The molecule has 0 aliphatic carbocycles. The summed E-state index contributed by atoms with van der Waals surface area (Å²) in [5, 5.41) is 19.6. The zero-order valence-electron chi connectivity index (χ0n) is 10.00. The molecule has 102 valence electrons. The summed E-state index contributed by atoms with van der Waals surface area (Å²) < 4.78 is 0. The number of rotatable bonds is 6. The molecule has 7 nitrogen and oxygen atoms in total. The molecule has 1 aromatic rings. The van der Waals surface area contributed by atoms with Crippen molar-refractivity contribution in [2.75, 3.05) is 0 Å². The van der Waals surface area contributed by atoms with Gasteiger partial charge in [-0.1, -0.05) is 18.2 Å². The highest BCUT2D eigenvalue weighted by molar-refractivity contribution is 5.98. The van der Waals surface area contributed by atoms with Crippen molar-refractivity contribution in [1.82, 2.24) is 5.32 Å². The van der Waals surface area contributed by atoms with Crippen molar-refractivity contribution in [3.05, 3.63) is 35.4 Å². The lowest BCUT2D eigenvalue weighted by molar-refractivity contribution is -0.145. The van der Waals surface area contributed by atoms with E-state index in [-0.39, 0.29) is 12.1 Å². The Hall–Kier alpha value is -2.41. The first-order chi connectivity index (χ1) is 8.95. The molecule has 0 heterocycles. The molecule has 0 aliphatic heterocycles. The van der Waals surface area contributed by atoms with Crippen LogP contribution in [0, 0.1) is 0 Å². The van der Waals surface area contributed by atoms with E-state index in [2.05, 4.69) is 5.32 Å². The first-order valence-corrected chi connectivity index (χ1v) is 5.49. The maximum absolute atomic E-state index is 11.9. The van der Waals surface area contributed by atoms with Crippen LogP contribution in [0.15, 0.2) is 24.3 Å². The van der Waals surface area contributed by atoms with Gasteiger partial charge >= 0.3 is 11.9 Å². The third-order valence-electron chi connectivity index (χ3n) is 2.46. The normalized spacial score (nSPS) is 11.6. The number of carbonyl (C=O) groups excluding carboxylic acids is 1. The van der Waals surface area contributed by atoms with E-state index in [0.717, 1.165) is 0 Å². The van der Waals surface area contributed by atoms with Crippen LogP contribution in [-0.2, 0) is 16.1 Å². The van der Waals surface area contributed by atoms with Crippen molar-refractivity contribution in [2.45, 2.75) is 19.0 Å². The zero-order chi connectivity index (χ0) is 14.4. The number of carboxylic acids is 2. The molecule has 1 atom stereocenters. The fraction of sp³-hybridized carbons (Fsp3) is 0.250. The smallest absolute Gasteiger partial charge is 0.326 e. The standard InChI is InChI=1S/C12H14N2O5/c13-6-7-3-1-2-4-8(7)11(17)14-9(12(18)19)5-10(15)16/h1-4,9H,5-6,13H2,(H,14,17)(H,15,16)(H,18,19). The lowest BCUT2D eigenvalue weighted by Crippen LogP contribution is -2.42. The van der Waals surface area contributed by atoms with Gasteiger partial charge in [0.25, 0.3) is 5.91 Å². The van der Waals surface area contributed by atoms with Crippen LogP contribution in [0.2, 0.25) is 0 Å². The average Bonchev–Trinajstić information content (AvgIpc) is 2.37. The number of nitrogens with two attached hydrogens (primary N) is 1. The molecule has 0 aromatic heterocycles. The van der Waals surface area contributed by atoms with Crippen molar-refractivity contribution in [2.24, 2.45) is 5.73 Å². The second kappa shape index (κ2) is 6.50. The average molecular weight is 266 g/mol. The topological polar surface area (TPSA) is 130 Å². The SMILES string of the molecule is NCc1ccccc1C(=O)NC(CC(=O)O)C(=O)O. The third kappa shape index (κ3) is 4.07. The maximum Gasteiger partial charge on any atom is 0.326 e. The first-order valence-electron chi connectivity index (χ1n) is 5.49. The number of amides is 1. The van der Waals surface area contributed by atoms with Gasteiger partial charge in [-0.25, -0.2) is 4.79 Å². The van der Waals surface area contributed by atoms with Crippen LogP contribution in [-0.4, -0.2) is 34.1 Å². The Morgan fingerprint density at radius 3 is 2.37 bits per heavy atom. The van der Waals surface area contributed by atoms with Gasteiger partial charge in [0, 0.05) is 12.1 Å². The molecule has 1 unspecified atom stereocenters. The number of carbonyl (C=O) groups is 3. The molecule has 1 rings (SSSR count). The molecule has 1 aromatic carbocycles. The molecule has 7 heteroatoms. The van der Waals surface area contributed by atoms with Gasteiger partial charge in [0.2, 0.25) is 0 Å². The molecular weight excluding hydrogens is 252 g/mol. The molecule has 1 amide bonds. The largest absolute Gasteiger partial charge is 0.481 e. The molecule has 0 spiro atoms. The summed E-state index contributed by atoms with van der Waals surface area (Å²) in [6, 6.07) is 4.97. The summed E-state index contributed by atoms with van der Waals surface area (Å²) in [4.78, 5) is 33.3. The van der Waals surface area contributed by atoms with Crippen LogP contribution in [0.5, 0.6) is 0 Å². The zero-order valence-corrected chi connectivity index (χ0v) is 10.00. The minimum Gasteiger partial charge on any atom is -0.481 e. The second-order valence-corrected chi connectivity index (χ2v) is 3.82. The van der Waals surface area contributed by atoms with Crippen LogP contribution < -0.4 is 11.1 Å². The summed E-state index contributed by atoms with van der Waals surface area (Å²) >= 11 is 0. The summed E-state index contributed by atoms with van der Waals surface area (Å²) in [5.74, 6) is -3.37. The van der Waals surface area contributed by atoms with Gasteiger partial charge in [0.1, 0.15) is 6.04 Å². The highest BCUT2D eigenvalue weighted by Gasteiger charge is 2.24. The van der Waals surface area contributed by atoms with Crippen molar-refractivity contribution in [1.29, 1.82) is 0 Å². The van der Waals surface area contributed by atoms with Gasteiger partial charge in [0.15, 0.2) is 0 Å². The predicted octanol–water partition coefficient (Wildman–Crippen LogP) is -0.197. The highest BCUT2D eigenvalue weighted by atomic mass is 16.4. The Morgan fingerprint density at radius 2 is 1.84 bits per heavy atom. The summed E-state index contributed by atoms with van der Waals surface area (Å²) in [5.41, 5.74) is 6.26. The molecule has 0 radical (unpaired) electrons. The van der Waals surface area contributed by atoms with E-state index in [1.54, 1.807) is 18.2 Å². The van der Waals surface area contributed by atoms with Gasteiger partial charge in [0.05, 0.1) is 6.42 Å². The lowest BCUT2D eigenvalue weighted by atomic mass is 10.1. The minimum atomic E-state index is -1.48. The fourth-order valence-electron chi connectivity index (χ4n) is 1.53. The van der Waals surface area contributed by atoms with E-state index in [9.17, 15) is 14.4 Å². The van der Waals surface area contributed by atoms with E-state index in [1.807, 2.05) is 0 Å². The number of nitrogens with one attached hydrogen (secondary N) is 1. The Labute approximate surface area is 109 Å². The quantitative estimate of drug-likeness (QED) is 0.564. The summed E-state index contributed by atoms with van der Waals surface area (Å²) in [7, 11) is 0. The molecule has 0 saturated carbocycles. The van der Waals surface area contributed by atoms with Gasteiger partial charge in [-0.2, -0.15) is 0 Å². The summed E-state index contributed by atoms with van der Waals surface area (Å²) in [6.07, 6.45) is -0.689. The number of hydrogen-bond acceptors (Lipinski definition) is 4. The molecule has 0 fully saturated rings. The molecule has 0 aliphatic rings. The third-order valence-corrected chi connectivity index (χ3v) is 2.46. The van der Waals surface area contributed by atoms with E-state index >= 15 is 0 Å². The molecule has 19 heavy (non-hydrogen) atoms. The molecule has 5 N–H and O–H groups in total. The van der Waals surface area contributed by atoms with Crippen molar-refractivity contribution >= 4 is 17.8 Å². The van der Waals surface area contributed by atoms with E-state index < -0.39 is 30.3 Å². The predicted molar refractivity (Wildman–Crippen MR) is 65.5 cm³/mol. The molecule has 0 saturated heterocycles. The van der Waals surface area contributed by atoms with Crippen LogP contribution >= 0.6 is 0 Å². The highest BCUT2D eigenvalue weighted by Crippen LogP contribution is 2.08. The number of benzene rings is 1. The van der Waals surface area contributed by atoms with Crippen molar-refractivity contribution in [3.63, 3.8) is 0 Å². The maximum atomic E-state index is 11.9. The van der Waals surface area contributed by atoms with Gasteiger partial charge < -0.3 is 21.3 Å². The van der Waals surface area contributed by atoms with E-state index in [4.69, 9.17) is 15.9 Å². The van der Waals surface area contributed by atoms with Crippen molar-refractivity contribution in [3.8, 4) is 0 Å². The van der Waals surface area contributed by atoms with Crippen molar-refractivity contribution < 1.29 is 24.6 Å². The fourth-order valence-corrected chi connectivity index (χ4v) is 1.53. The number of hydrogen-bond donors (Lipinski definition) is 4. The van der Waals surface area contributed by atoms with Crippen LogP contribution in [0.1, 0.15) is 22.3 Å². The van der Waals surface area contributed by atoms with Crippen LogP contribution in [0.3, 0.4) is 0 Å². The number of carboxylic acid groups (broad SMARTS) is 2. The van der Waals surface area contributed by atoms with Gasteiger partial charge in [-0.05, 0) is 11.6 Å². The first kappa shape index (κ1) is 14.7. The Kier molecular flexibility index (Phi) is 5.01. The second-order valence-electron chi connectivity index (χ2n) is 3.82. The lowest BCUT2D eigenvalue weighted by Gasteiger charge is -2.14. The van der Waals surface area contributed by atoms with Gasteiger partial charge in [-0.15, -0.1) is 0 Å². The molecular formula is C12H14N2O5. The van der Waals surface area contributed by atoms with E-state index in [0.29, 0.717) is 5.56 Å². The number of aliphatic carboxylic acids is 2. The Bertz CT molecular complexity index is 501. The Morgan fingerprint density at radius 1 is 1.21 bits per heavy atom. The van der Waals surface area contributed by atoms with Gasteiger partial charge in [-0.3, -0.25) is 9.59 Å². The van der Waals surface area contributed by atoms with Crippen LogP contribution in [0.4, 0.5) is 0 Å². The van der Waals surface area contributed by atoms with E-state index in [1.165, 1.54) is 6.07 Å². The van der Waals surface area contributed by atoms with Crippen LogP contribution in [0.25, 0.3) is 0 Å².